The number of carbonyl (C=O) groups excluding carboxylic acids is 1. The van der Waals surface area contributed by atoms with Crippen LogP contribution in [0.25, 0.3) is 0 Å². The van der Waals surface area contributed by atoms with Gasteiger partial charge in [0.15, 0.2) is 0 Å². The Hall–Kier alpha value is -2.54. The number of halogens is 2. The van der Waals surface area contributed by atoms with Crippen LogP contribution in [0.15, 0.2) is 36.7 Å². The highest BCUT2D eigenvalue weighted by Crippen LogP contribution is 2.26. The van der Waals surface area contributed by atoms with E-state index in [1.165, 1.54) is 37.4 Å². The van der Waals surface area contributed by atoms with E-state index in [2.05, 4.69) is 15.6 Å². The summed E-state index contributed by atoms with van der Waals surface area (Å²) >= 11 is 0. The molecule has 0 fully saturated rings. The van der Waals surface area contributed by atoms with E-state index < -0.39 is 23.6 Å². The van der Waals surface area contributed by atoms with Gasteiger partial charge in [0.1, 0.15) is 11.6 Å². The third-order valence-electron chi connectivity index (χ3n) is 2.64. The van der Waals surface area contributed by atoms with Crippen LogP contribution in [-0.4, -0.2) is 16.9 Å². The highest BCUT2D eigenvalue weighted by molar-refractivity contribution is 5.97. The normalized spacial score (nSPS) is 11.8. The summed E-state index contributed by atoms with van der Waals surface area (Å²) in [6.45, 7) is 1.53. The Morgan fingerprint density at radius 3 is 2.62 bits per heavy atom. The number of benzene rings is 1. The van der Waals surface area contributed by atoms with Crippen LogP contribution in [-0.2, 0) is 4.79 Å². The van der Waals surface area contributed by atoms with Crippen molar-refractivity contribution in [2.75, 3.05) is 10.6 Å². The molecule has 0 radical (unpaired) electrons. The largest absolute Gasteiger partial charge is 0.352 e. The second kappa shape index (κ2) is 6.27. The molecule has 0 aliphatic heterocycles. The maximum atomic E-state index is 13.4. The third kappa shape index (κ3) is 3.96. The number of hydrogen-bond donors (Lipinski definition) is 3. The van der Waals surface area contributed by atoms with Gasteiger partial charge in [-0.3, -0.25) is 9.78 Å². The van der Waals surface area contributed by atoms with Gasteiger partial charge in [-0.15, -0.1) is 0 Å². The van der Waals surface area contributed by atoms with Crippen molar-refractivity contribution in [2.24, 2.45) is 5.73 Å². The van der Waals surface area contributed by atoms with Gasteiger partial charge in [-0.2, -0.15) is 0 Å². The molecule has 1 aromatic carbocycles. The van der Waals surface area contributed by atoms with Gasteiger partial charge in [0.05, 0.1) is 35.5 Å². The van der Waals surface area contributed by atoms with Crippen LogP contribution >= 0.6 is 0 Å². The Bertz CT molecular complexity index is 661. The molecule has 1 amide bonds. The molecule has 0 aliphatic carbocycles. The molecule has 0 saturated heterocycles. The lowest BCUT2D eigenvalue weighted by Crippen LogP contribution is -2.32. The average molecular weight is 292 g/mol. The monoisotopic (exact) mass is 292 g/mol. The van der Waals surface area contributed by atoms with Gasteiger partial charge in [-0.25, -0.2) is 8.78 Å². The van der Waals surface area contributed by atoms with Crippen molar-refractivity contribution in [1.82, 2.24) is 4.98 Å². The number of nitrogens with one attached hydrogen (secondary N) is 2. The second-order valence-corrected chi connectivity index (χ2v) is 4.48. The highest BCUT2D eigenvalue weighted by Gasteiger charge is 2.12. The van der Waals surface area contributed by atoms with Crippen molar-refractivity contribution in [2.45, 2.75) is 13.0 Å². The number of hydrogen-bond acceptors (Lipinski definition) is 4. The van der Waals surface area contributed by atoms with Gasteiger partial charge in [0.25, 0.3) is 0 Å². The maximum absolute atomic E-state index is 13.4. The fourth-order valence-corrected chi connectivity index (χ4v) is 1.61. The third-order valence-corrected chi connectivity index (χ3v) is 2.64. The molecular formula is C14H14F2N4O. The molecule has 2 aromatic rings. The van der Waals surface area contributed by atoms with Gasteiger partial charge in [-0.05, 0) is 25.1 Å². The van der Waals surface area contributed by atoms with E-state index >= 15 is 0 Å². The number of anilines is 3. The van der Waals surface area contributed by atoms with E-state index in [0.717, 1.165) is 6.20 Å². The summed E-state index contributed by atoms with van der Waals surface area (Å²) in [4.78, 5) is 15.3. The predicted octanol–water partition coefficient (Wildman–Crippen LogP) is 2.39. The molecule has 2 rings (SSSR count). The molecule has 1 atom stereocenters. The lowest BCUT2D eigenvalue weighted by Gasteiger charge is -2.14. The minimum atomic E-state index is -0.710. The Labute approximate surface area is 120 Å². The summed E-state index contributed by atoms with van der Waals surface area (Å²) in [5, 5.41) is 5.37. The predicted molar refractivity (Wildman–Crippen MR) is 76.2 cm³/mol. The number of nitrogens with two attached hydrogens (primary N) is 1. The molecule has 0 bridgehead atoms. The fourth-order valence-electron chi connectivity index (χ4n) is 1.61. The molecule has 21 heavy (non-hydrogen) atoms. The van der Waals surface area contributed by atoms with Gasteiger partial charge in [-0.1, -0.05) is 0 Å². The summed E-state index contributed by atoms with van der Waals surface area (Å²) in [5.74, 6) is -1.44. The zero-order chi connectivity index (χ0) is 15.4. The molecule has 7 heteroatoms. The maximum Gasteiger partial charge on any atom is 0.241 e. The Balaban J connectivity index is 2.29. The van der Waals surface area contributed by atoms with Crippen LogP contribution in [0.2, 0.25) is 0 Å². The van der Waals surface area contributed by atoms with Crippen LogP contribution in [0.4, 0.5) is 25.8 Å². The molecule has 0 aliphatic rings. The van der Waals surface area contributed by atoms with E-state index in [4.69, 9.17) is 5.73 Å². The first-order valence-electron chi connectivity index (χ1n) is 6.19. The molecule has 0 spiro atoms. The number of aromatic nitrogens is 1. The van der Waals surface area contributed by atoms with Crippen LogP contribution in [0, 0.1) is 11.6 Å². The van der Waals surface area contributed by atoms with Gasteiger partial charge >= 0.3 is 0 Å². The topological polar surface area (TPSA) is 80.0 Å². The molecule has 0 saturated carbocycles. The van der Waals surface area contributed by atoms with Crippen molar-refractivity contribution in [3.8, 4) is 0 Å². The fraction of sp³-hybridized carbons (Fsp3) is 0.143. The summed E-state index contributed by atoms with van der Waals surface area (Å²) in [6, 6.07) is 4.27. The number of amides is 1. The van der Waals surface area contributed by atoms with Crippen LogP contribution in [0.1, 0.15) is 6.92 Å². The van der Waals surface area contributed by atoms with Gasteiger partial charge in [0.2, 0.25) is 5.91 Å². The second-order valence-electron chi connectivity index (χ2n) is 4.48. The van der Waals surface area contributed by atoms with E-state index in [1.807, 2.05) is 0 Å². The van der Waals surface area contributed by atoms with E-state index in [1.54, 1.807) is 0 Å². The van der Waals surface area contributed by atoms with E-state index in [-0.39, 0.29) is 5.69 Å². The minimum absolute atomic E-state index is 0.274. The van der Waals surface area contributed by atoms with Crippen molar-refractivity contribution in [1.29, 1.82) is 0 Å². The van der Waals surface area contributed by atoms with E-state index in [0.29, 0.717) is 11.4 Å². The molecule has 1 aromatic heterocycles. The lowest BCUT2D eigenvalue weighted by molar-refractivity contribution is -0.117. The Morgan fingerprint density at radius 2 is 1.95 bits per heavy atom. The minimum Gasteiger partial charge on any atom is -0.352 e. The van der Waals surface area contributed by atoms with Crippen molar-refractivity contribution in [3.63, 3.8) is 0 Å². The molecule has 4 N–H and O–H groups in total. The van der Waals surface area contributed by atoms with Gasteiger partial charge in [0, 0.05) is 6.07 Å². The molecule has 110 valence electrons. The SMILES string of the molecule is C[C@H](N)C(=O)Nc1ccc(F)cc1Nc1cncc(F)c1. The average Bonchev–Trinajstić information content (AvgIpc) is 2.41. The molecule has 5 nitrogen and oxygen atoms in total. The zero-order valence-corrected chi connectivity index (χ0v) is 11.2. The first-order chi connectivity index (χ1) is 9.95. The highest BCUT2D eigenvalue weighted by atomic mass is 19.1. The summed E-state index contributed by atoms with van der Waals surface area (Å²) in [5.41, 5.74) is 6.41. The number of nitrogens with zero attached hydrogens (tertiary/aromatic N) is 1. The Kier molecular flexibility index (Phi) is 4.44. The number of rotatable bonds is 4. The van der Waals surface area contributed by atoms with E-state index in [9.17, 15) is 13.6 Å². The smallest absolute Gasteiger partial charge is 0.241 e. The quantitative estimate of drug-likeness (QED) is 0.808. The Morgan fingerprint density at radius 1 is 1.19 bits per heavy atom. The summed E-state index contributed by atoms with van der Waals surface area (Å²) in [7, 11) is 0. The zero-order valence-electron chi connectivity index (χ0n) is 11.2. The summed E-state index contributed by atoms with van der Waals surface area (Å²) in [6.07, 6.45) is 2.43. The molecule has 0 unspecified atom stereocenters. The first-order valence-corrected chi connectivity index (χ1v) is 6.19. The van der Waals surface area contributed by atoms with Crippen LogP contribution in [0.3, 0.4) is 0 Å². The van der Waals surface area contributed by atoms with Crippen molar-refractivity contribution in [3.05, 3.63) is 48.3 Å². The standard InChI is InChI=1S/C14H14F2N4O/c1-8(17)14(21)20-12-3-2-9(15)5-13(12)19-11-4-10(16)6-18-7-11/h2-8,19H,17H2,1H3,(H,20,21)/t8-/m0/s1. The summed E-state index contributed by atoms with van der Waals surface area (Å²) < 4.78 is 26.5. The van der Waals surface area contributed by atoms with Gasteiger partial charge < -0.3 is 16.4 Å². The molecule has 1 heterocycles. The molecular weight excluding hydrogens is 278 g/mol. The number of pyridine rings is 1. The van der Waals surface area contributed by atoms with Crippen molar-refractivity contribution < 1.29 is 13.6 Å². The van der Waals surface area contributed by atoms with Crippen molar-refractivity contribution >= 4 is 23.0 Å². The number of carbonyl (C=O) groups is 1. The first kappa shape index (κ1) is 14.9. The lowest BCUT2D eigenvalue weighted by atomic mass is 10.2. The van der Waals surface area contributed by atoms with Crippen LogP contribution < -0.4 is 16.4 Å². The van der Waals surface area contributed by atoms with Crippen LogP contribution in [0.5, 0.6) is 0 Å².